The molecule has 0 radical (unpaired) electrons. The summed E-state index contributed by atoms with van der Waals surface area (Å²) in [4.78, 5) is 0. The Kier molecular flexibility index (Phi) is 5.75. The summed E-state index contributed by atoms with van der Waals surface area (Å²) < 4.78 is 0. The molecule has 52 valence electrons. The van der Waals surface area contributed by atoms with E-state index in [9.17, 15) is 0 Å². The van der Waals surface area contributed by atoms with Crippen LogP contribution in [0.1, 0.15) is 19.8 Å². The molecule has 0 aromatic carbocycles. The quantitative estimate of drug-likeness (QED) is 0.420. The van der Waals surface area contributed by atoms with E-state index in [1.165, 1.54) is 5.57 Å². The normalized spacial score (nSPS) is 11.6. The predicted octanol–water partition coefficient (Wildman–Crippen LogP) is 3.14. The average molecular weight is 145 g/mol. The molecule has 0 saturated carbocycles. The second kappa shape index (κ2) is 5.90. The van der Waals surface area contributed by atoms with Crippen LogP contribution in [0.25, 0.3) is 0 Å². The zero-order chi connectivity index (χ0) is 7.11. The predicted molar refractivity (Wildman–Crippen MR) is 43.9 cm³/mol. The van der Waals surface area contributed by atoms with Crippen LogP contribution < -0.4 is 0 Å². The van der Waals surface area contributed by atoms with E-state index in [0.717, 1.165) is 12.8 Å². The Balaban J connectivity index is 3.42. The minimum Gasteiger partial charge on any atom is -0.126 e. The molecule has 0 N–H and O–H groups in total. The lowest BCUT2D eigenvalue weighted by molar-refractivity contribution is 1.13. The molecule has 0 unspecified atom stereocenters. The first kappa shape index (κ1) is 8.77. The van der Waals surface area contributed by atoms with Crippen molar-refractivity contribution in [3.8, 4) is 0 Å². The van der Waals surface area contributed by atoms with Gasteiger partial charge in [-0.3, -0.25) is 0 Å². The standard InChI is InChI=1S/C8H13Cl/c1-3-5-8(2)6-4-7-9/h3,6H,1,4-5,7H2,2H3/b8-6+. The van der Waals surface area contributed by atoms with Gasteiger partial charge in [0.2, 0.25) is 0 Å². The molecule has 0 nitrogen and oxygen atoms in total. The van der Waals surface area contributed by atoms with Crippen molar-refractivity contribution in [3.05, 3.63) is 24.3 Å². The van der Waals surface area contributed by atoms with Crippen LogP contribution in [-0.4, -0.2) is 5.88 Å². The second-order valence-electron chi connectivity index (χ2n) is 2.02. The van der Waals surface area contributed by atoms with Crippen LogP contribution in [0.5, 0.6) is 0 Å². The highest BCUT2D eigenvalue weighted by molar-refractivity contribution is 6.17. The first-order valence-corrected chi connectivity index (χ1v) is 3.67. The van der Waals surface area contributed by atoms with Gasteiger partial charge >= 0.3 is 0 Å². The molecular weight excluding hydrogens is 132 g/mol. The summed E-state index contributed by atoms with van der Waals surface area (Å²) in [6.07, 6.45) is 6.01. The van der Waals surface area contributed by atoms with Crippen molar-refractivity contribution in [3.63, 3.8) is 0 Å². The zero-order valence-corrected chi connectivity index (χ0v) is 6.62. The Labute approximate surface area is 62.2 Å². The largest absolute Gasteiger partial charge is 0.126 e. The Hall–Kier alpha value is -0.230. The third kappa shape index (κ3) is 5.64. The molecule has 0 rings (SSSR count). The lowest BCUT2D eigenvalue weighted by atomic mass is 10.2. The average Bonchev–Trinajstić information content (AvgIpc) is 1.85. The highest BCUT2D eigenvalue weighted by atomic mass is 35.5. The molecule has 0 amide bonds. The molecule has 0 heterocycles. The van der Waals surface area contributed by atoms with Crippen molar-refractivity contribution in [2.45, 2.75) is 19.8 Å². The molecule has 0 spiro atoms. The number of rotatable bonds is 4. The number of alkyl halides is 1. The Morgan fingerprint density at radius 1 is 1.67 bits per heavy atom. The van der Waals surface area contributed by atoms with Gasteiger partial charge in [-0.1, -0.05) is 17.7 Å². The summed E-state index contributed by atoms with van der Waals surface area (Å²) in [6.45, 7) is 5.73. The van der Waals surface area contributed by atoms with Crippen molar-refractivity contribution in [1.29, 1.82) is 0 Å². The van der Waals surface area contributed by atoms with E-state index in [4.69, 9.17) is 11.6 Å². The van der Waals surface area contributed by atoms with Crippen LogP contribution in [-0.2, 0) is 0 Å². The fraction of sp³-hybridized carbons (Fsp3) is 0.500. The minimum absolute atomic E-state index is 0.717. The number of hydrogen-bond donors (Lipinski definition) is 0. The van der Waals surface area contributed by atoms with Gasteiger partial charge in [-0.25, -0.2) is 0 Å². The molecule has 0 aromatic rings. The van der Waals surface area contributed by atoms with Crippen LogP contribution in [0, 0.1) is 0 Å². The summed E-state index contributed by atoms with van der Waals surface area (Å²) in [7, 11) is 0. The van der Waals surface area contributed by atoms with Gasteiger partial charge < -0.3 is 0 Å². The maximum atomic E-state index is 5.48. The Bertz CT molecular complexity index is 103. The van der Waals surface area contributed by atoms with E-state index in [1.807, 2.05) is 6.08 Å². The molecule has 0 aliphatic heterocycles. The molecule has 0 aliphatic rings. The summed E-state index contributed by atoms with van der Waals surface area (Å²) in [5.74, 6) is 0.717. The van der Waals surface area contributed by atoms with E-state index < -0.39 is 0 Å². The monoisotopic (exact) mass is 144 g/mol. The van der Waals surface area contributed by atoms with E-state index in [-0.39, 0.29) is 0 Å². The van der Waals surface area contributed by atoms with Crippen LogP contribution in [0.4, 0.5) is 0 Å². The van der Waals surface area contributed by atoms with Crippen molar-refractivity contribution >= 4 is 11.6 Å². The highest BCUT2D eigenvalue weighted by Crippen LogP contribution is 2.01. The second-order valence-corrected chi connectivity index (χ2v) is 2.40. The van der Waals surface area contributed by atoms with Gasteiger partial charge in [-0.05, 0) is 19.8 Å². The van der Waals surface area contributed by atoms with E-state index in [2.05, 4.69) is 19.6 Å². The van der Waals surface area contributed by atoms with Gasteiger partial charge in [0.1, 0.15) is 0 Å². The molecule has 0 aliphatic carbocycles. The van der Waals surface area contributed by atoms with Gasteiger partial charge in [0.25, 0.3) is 0 Å². The molecule has 9 heavy (non-hydrogen) atoms. The number of allylic oxidation sites excluding steroid dienone is 3. The van der Waals surface area contributed by atoms with Crippen molar-refractivity contribution in [2.75, 3.05) is 5.88 Å². The maximum absolute atomic E-state index is 5.48. The Morgan fingerprint density at radius 2 is 2.33 bits per heavy atom. The highest BCUT2D eigenvalue weighted by Gasteiger charge is 1.82. The smallest absolute Gasteiger partial charge is 0.0258 e. The Morgan fingerprint density at radius 3 is 2.78 bits per heavy atom. The number of hydrogen-bond acceptors (Lipinski definition) is 0. The molecule has 0 fully saturated rings. The van der Waals surface area contributed by atoms with Crippen molar-refractivity contribution in [1.82, 2.24) is 0 Å². The van der Waals surface area contributed by atoms with Crippen LogP contribution in [0.3, 0.4) is 0 Å². The fourth-order valence-electron chi connectivity index (χ4n) is 0.612. The number of halogens is 1. The fourth-order valence-corrected chi connectivity index (χ4v) is 0.721. The van der Waals surface area contributed by atoms with Crippen molar-refractivity contribution < 1.29 is 0 Å². The molecule has 0 atom stereocenters. The summed E-state index contributed by atoms with van der Waals surface area (Å²) in [5, 5.41) is 0. The minimum atomic E-state index is 0.717. The van der Waals surface area contributed by atoms with E-state index >= 15 is 0 Å². The van der Waals surface area contributed by atoms with Crippen molar-refractivity contribution in [2.24, 2.45) is 0 Å². The first-order valence-electron chi connectivity index (χ1n) is 3.13. The lowest BCUT2D eigenvalue weighted by Crippen LogP contribution is -1.74. The third-order valence-electron chi connectivity index (χ3n) is 1.07. The molecule has 0 saturated heterocycles. The van der Waals surface area contributed by atoms with Gasteiger partial charge in [0.15, 0.2) is 0 Å². The maximum Gasteiger partial charge on any atom is 0.0258 e. The van der Waals surface area contributed by atoms with Crippen LogP contribution in [0.15, 0.2) is 24.3 Å². The topological polar surface area (TPSA) is 0 Å². The first-order chi connectivity index (χ1) is 4.31. The van der Waals surface area contributed by atoms with Crippen LogP contribution >= 0.6 is 11.6 Å². The van der Waals surface area contributed by atoms with Gasteiger partial charge in [-0.15, -0.1) is 18.2 Å². The van der Waals surface area contributed by atoms with Gasteiger partial charge in [-0.2, -0.15) is 0 Å². The summed E-state index contributed by atoms with van der Waals surface area (Å²) >= 11 is 5.48. The lowest BCUT2D eigenvalue weighted by Gasteiger charge is -1.91. The SMILES string of the molecule is C=CC/C(C)=C/CCCl. The molecule has 0 bridgehead atoms. The molecular formula is C8H13Cl. The summed E-state index contributed by atoms with van der Waals surface area (Å²) in [6, 6.07) is 0. The van der Waals surface area contributed by atoms with Crippen LogP contribution in [0.2, 0.25) is 0 Å². The zero-order valence-electron chi connectivity index (χ0n) is 5.86. The molecule has 0 aromatic heterocycles. The molecule has 1 heteroatoms. The van der Waals surface area contributed by atoms with E-state index in [0.29, 0.717) is 5.88 Å². The van der Waals surface area contributed by atoms with Gasteiger partial charge in [0.05, 0.1) is 0 Å². The third-order valence-corrected chi connectivity index (χ3v) is 1.29. The van der Waals surface area contributed by atoms with Gasteiger partial charge in [0, 0.05) is 5.88 Å². The summed E-state index contributed by atoms with van der Waals surface area (Å²) in [5.41, 5.74) is 1.35. The van der Waals surface area contributed by atoms with E-state index in [1.54, 1.807) is 0 Å².